The highest BCUT2D eigenvalue weighted by atomic mass is 32.2. The van der Waals surface area contributed by atoms with E-state index >= 15 is 0 Å². The molecule has 2 aromatic rings. The Morgan fingerprint density at radius 1 is 1.05 bits per heavy atom. The van der Waals surface area contributed by atoms with Crippen LogP contribution in [0.25, 0.3) is 0 Å². The lowest BCUT2D eigenvalue weighted by atomic mass is 9.95. The van der Waals surface area contributed by atoms with Crippen LogP contribution < -0.4 is 14.4 Å². The molecule has 2 amide bonds. The van der Waals surface area contributed by atoms with Crippen molar-refractivity contribution < 1.29 is 27.1 Å². The van der Waals surface area contributed by atoms with E-state index < -0.39 is 34.3 Å². The molecule has 202 valence electrons. The van der Waals surface area contributed by atoms with Gasteiger partial charge in [-0.15, -0.1) is 0 Å². The van der Waals surface area contributed by atoms with E-state index in [1.807, 2.05) is 6.92 Å². The van der Waals surface area contributed by atoms with Crippen LogP contribution in [0, 0.1) is 5.82 Å². The zero-order valence-electron chi connectivity index (χ0n) is 21.7. The first-order chi connectivity index (χ1) is 17.6. The maximum Gasteiger partial charge on any atom is 0.244 e. The second kappa shape index (κ2) is 12.9. The fraction of sp³-hybridized carbons (Fsp3) is 0.481. The molecule has 0 unspecified atom stereocenters. The van der Waals surface area contributed by atoms with Crippen molar-refractivity contribution in [2.75, 3.05) is 24.2 Å². The number of amides is 2. The van der Waals surface area contributed by atoms with Gasteiger partial charge in [0.1, 0.15) is 24.2 Å². The minimum atomic E-state index is -3.83. The van der Waals surface area contributed by atoms with Gasteiger partial charge in [0, 0.05) is 12.6 Å². The van der Waals surface area contributed by atoms with Crippen LogP contribution in [0.15, 0.2) is 48.5 Å². The van der Waals surface area contributed by atoms with Crippen molar-refractivity contribution >= 4 is 27.5 Å². The number of benzene rings is 2. The summed E-state index contributed by atoms with van der Waals surface area (Å²) in [6.07, 6.45) is 6.40. The molecule has 2 aromatic carbocycles. The monoisotopic (exact) mass is 533 g/mol. The Kier molecular flexibility index (Phi) is 9.91. The number of sulfonamides is 1. The second-order valence-corrected chi connectivity index (χ2v) is 11.3. The largest absolute Gasteiger partial charge is 0.497 e. The summed E-state index contributed by atoms with van der Waals surface area (Å²) in [6.45, 7) is 1.36. The molecular formula is C27H36FN3O5S. The standard InChI is InChI=1S/C27H36FN3O5S/c1-4-25(27(33)29-22-8-6-5-7-9-22)30(18-20-10-12-21(28)13-11-20)26(32)19-31(37(3,34)35)23-14-16-24(36-2)17-15-23/h10-17,22,25H,4-9,18-19H2,1-3H3,(H,29,33)/t25-/m1/s1. The molecule has 1 fully saturated rings. The maximum absolute atomic E-state index is 13.7. The van der Waals surface area contributed by atoms with E-state index in [4.69, 9.17) is 4.74 Å². The van der Waals surface area contributed by atoms with Crippen molar-refractivity contribution in [2.24, 2.45) is 0 Å². The first-order valence-electron chi connectivity index (χ1n) is 12.6. The Bertz CT molecular complexity index is 1150. The SMILES string of the molecule is CC[C@H](C(=O)NC1CCCCC1)N(Cc1ccc(F)cc1)C(=O)CN(c1ccc(OC)cc1)S(C)(=O)=O. The molecule has 0 radical (unpaired) electrons. The molecule has 0 bridgehead atoms. The number of hydrogen-bond acceptors (Lipinski definition) is 5. The molecule has 1 aliphatic carbocycles. The summed E-state index contributed by atoms with van der Waals surface area (Å²) in [6, 6.07) is 11.3. The van der Waals surface area contributed by atoms with E-state index in [1.165, 1.54) is 24.1 Å². The summed E-state index contributed by atoms with van der Waals surface area (Å²) >= 11 is 0. The van der Waals surface area contributed by atoms with Crippen molar-refractivity contribution in [2.45, 2.75) is 64.1 Å². The Labute approximate surface area is 218 Å². The first-order valence-corrected chi connectivity index (χ1v) is 14.4. The molecule has 8 nitrogen and oxygen atoms in total. The van der Waals surface area contributed by atoms with E-state index in [1.54, 1.807) is 36.4 Å². The summed E-state index contributed by atoms with van der Waals surface area (Å²) in [5, 5.41) is 3.09. The average Bonchev–Trinajstić information content (AvgIpc) is 2.88. The third-order valence-electron chi connectivity index (χ3n) is 6.64. The lowest BCUT2D eigenvalue weighted by Crippen LogP contribution is -2.53. The van der Waals surface area contributed by atoms with Crippen LogP contribution in [0.1, 0.15) is 51.0 Å². The van der Waals surface area contributed by atoms with Gasteiger partial charge in [0.25, 0.3) is 0 Å². The van der Waals surface area contributed by atoms with Gasteiger partial charge in [-0.2, -0.15) is 0 Å². The number of methoxy groups -OCH3 is 1. The summed E-state index contributed by atoms with van der Waals surface area (Å²) < 4.78 is 45.0. The van der Waals surface area contributed by atoms with Crippen molar-refractivity contribution in [1.29, 1.82) is 0 Å². The average molecular weight is 534 g/mol. The predicted molar refractivity (Wildman–Crippen MR) is 141 cm³/mol. The van der Waals surface area contributed by atoms with E-state index in [2.05, 4.69) is 5.32 Å². The first kappa shape index (κ1) is 28.4. The topological polar surface area (TPSA) is 96.0 Å². The van der Waals surface area contributed by atoms with E-state index in [0.717, 1.165) is 42.7 Å². The molecule has 0 spiro atoms. The van der Waals surface area contributed by atoms with Gasteiger partial charge in [-0.25, -0.2) is 12.8 Å². The molecule has 0 aliphatic heterocycles. The highest BCUT2D eigenvalue weighted by molar-refractivity contribution is 7.92. The highest BCUT2D eigenvalue weighted by Gasteiger charge is 2.32. The van der Waals surface area contributed by atoms with Gasteiger partial charge >= 0.3 is 0 Å². The van der Waals surface area contributed by atoms with E-state index in [0.29, 0.717) is 23.4 Å². The van der Waals surface area contributed by atoms with E-state index in [9.17, 15) is 22.4 Å². The molecule has 37 heavy (non-hydrogen) atoms. The number of hydrogen-bond donors (Lipinski definition) is 1. The molecule has 1 atom stereocenters. The van der Waals surface area contributed by atoms with Crippen LogP contribution in [-0.4, -0.2) is 57.1 Å². The molecule has 0 saturated heterocycles. The Morgan fingerprint density at radius 3 is 2.22 bits per heavy atom. The number of anilines is 1. The Morgan fingerprint density at radius 2 is 1.68 bits per heavy atom. The summed E-state index contributed by atoms with van der Waals surface area (Å²) in [4.78, 5) is 28.4. The number of halogens is 1. The smallest absolute Gasteiger partial charge is 0.244 e. The van der Waals surface area contributed by atoms with Gasteiger partial charge in [0.15, 0.2) is 0 Å². The van der Waals surface area contributed by atoms with E-state index in [-0.39, 0.29) is 18.5 Å². The van der Waals surface area contributed by atoms with Crippen LogP contribution in [-0.2, 0) is 26.2 Å². The van der Waals surface area contributed by atoms with Gasteiger partial charge in [-0.1, -0.05) is 38.3 Å². The Balaban J connectivity index is 1.89. The quantitative estimate of drug-likeness (QED) is 0.473. The molecule has 0 heterocycles. The summed E-state index contributed by atoms with van der Waals surface area (Å²) in [5.41, 5.74) is 0.937. The van der Waals surface area contributed by atoms with Crippen molar-refractivity contribution in [3.63, 3.8) is 0 Å². The predicted octanol–water partition coefficient (Wildman–Crippen LogP) is 3.86. The minimum Gasteiger partial charge on any atom is -0.497 e. The summed E-state index contributed by atoms with van der Waals surface area (Å²) in [7, 11) is -2.32. The van der Waals surface area contributed by atoms with Crippen LogP contribution in [0.4, 0.5) is 10.1 Å². The normalized spacial score (nSPS) is 15.0. The number of carbonyl (C=O) groups excluding carboxylic acids is 2. The fourth-order valence-electron chi connectivity index (χ4n) is 4.61. The molecule has 1 saturated carbocycles. The second-order valence-electron chi connectivity index (χ2n) is 9.38. The van der Waals surface area contributed by atoms with Crippen molar-refractivity contribution in [1.82, 2.24) is 10.2 Å². The number of carbonyl (C=O) groups is 2. The van der Waals surface area contributed by atoms with Crippen LogP contribution in [0.3, 0.4) is 0 Å². The number of rotatable bonds is 11. The molecule has 1 aliphatic rings. The number of ether oxygens (including phenoxy) is 1. The maximum atomic E-state index is 13.7. The van der Waals surface area contributed by atoms with Gasteiger partial charge in [-0.05, 0) is 61.2 Å². The third-order valence-corrected chi connectivity index (χ3v) is 7.78. The van der Waals surface area contributed by atoms with Crippen molar-refractivity contribution in [3.8, 4) is 5.75 Å². The Hall–Kier alpha value is -3.14. The zero-order chi connectivity index (χ0) is 27.0. The molecule has 1 N–H and O–H groups in total. The lowest BCUT2D eigenvalue weighted by molar-refractivity contribution is -0.140. The van der Waals surface area contributed by atoms with Gasteiger partial charge in [-0.3, -0.25) is 13.9 Å². The zero-order valence-corrected chi connectivity index (χ0v) is 22.5. The minimum absolute atomic E-state index is 0.0376. The van der Waals surface area contributed by atoms with Gasteiger partial charge in [0.05, 0.1) is 19.1 Å². The fourth-order valence-corrected chi connectivity index (χ4v) is 5.46. The highest BCUT2D eigenvalue weighted by Crippen LogP contribution is 2.23. The lowest BCUT2D eigenvalue weighted by Gasteiger charge is -2.34. The van der Waals surface area contributed by atoms with Crippen molar-refractivity contribution in [3.05, 3.63) is 59.9 Å². The van der Waals surface area contributed by atoms with Crippen LogP contribution >= 0.6 is 0 Å². The molecule has 10 heteroatoms. The third kappa shape index (κ3) is 7.92. The van der Waals surface area contributed by atoms with Crippen LogP contribution in [0.5, 0.6) is 5.75 Å². The van der Waals surface area contributed by atoms with Crippen LogP contribution in [0.2, 0.25) is 0 Å². The number of nitrogens with zero attached hydrogens (tertiary/aromatic N) is 2. The number of nitrogens with one attached hydrogen (secondary N) is 1. The molecular weight excluding hydrogens is 497 g/mol. The molecule has 0 aromatic heterocycles. The van der Waals surface area contributed by atoms with Gasteiger partial charge < -0.3 is 15.0 Å². The summed E-state index contributed by atoms with van der Waals surface area (Å²) in [5.74, 6) is -0.658. The molecule has 3 rings (SSSR count). The van der Waals surface area contributed by atoms with Gasteiger partial charge in [0.2, 0.25) is 21.8 Å².